The molecule has 0 unspecified atom stereocenters. The van der Waals surface area contributed by atoms with Crippen LogP contribution in [0.4, 0.5) is 9.52 Å². The molecule has 1 N–H and O–H groups in total. The van der Waals surface area contributed by atoms with Crippen LogP contribution in [0.25, 0.3) is 11.3 Å². The Bertz CT molecular complexity index is 1260. The van der Waals surface area contributed by atoms with E-state index in [4.69, 9.17) is 9.47 Å². The molecule has 33 heavy (non-hydrogen) atoms. The molecule has 0 saturated carbocycles. The van der Waals surface area contributed by atoms with Crippen LogP contribution in [0.5, 0.6) is 11.5 Å². The maximum absolute atomic E-state index is 14.3. The second-order valence-corrected chi connectivity index (χ2v) is 9.56. The number of ether oxygens (including phenoxy) is 2. The van der Waals surface area contributed by atoms with Crippen molar-refractivity contribution in [3.8, 4) is 22.8 Å². The summed E-state index contributed by atoms with van der Waals surface area (Å²) in [6.07, 6.45) is 0. The van der Waals surface area contributed by atoms with Gasteiger partial charge in [-0.15, -0.1) is 11.3 Å². The summed E-state index contributed by atoms with van der Waals surface area (Å²) in [6.45, 7) is 3.70. The van der Waals surface area contributed by atoms with Gasteiger partial charge in [0.05, 0.1) is 19.9 Å². The van der Waals surface area contributed by atoms with Gasteiger partial charge in [0.1, 0.15) is 10.7 Å². The summed E-state index contributed by atoms with van der Waals surface area (Å²) in [6, 6.07) is 8.58. The number of nitrogens with zero attached hydrogens (tertiary/aromatic N) is 2. The number of rotatable bonds is 9. The van der Waals surface area contributed by atoms with Crippen molar-refractivity contribution in [2.75, 3.05) is 32.6 Å². The highest BCUT2D eigenvalue weighted by atomic mass is 32.2. The van der Waals surface area contributed by atoms with Crippen LogP contribution in [0.15, 0.2) is 46.7 Å². The Morgan fingerprint density at radius 3 is 2.42 bits per heavy atom. The maximum atomic E-state index is 14.3. The molecule has 3 aromatic rings. The Balaban J connectivity index is 1.84. The molecule has 0 atom stereocenters. The molecule has 11 heteroatoms. The zero-order valence-corrected chi connectivity index (χ0v) is 20.2. The predicted octanol–water partition coefficient (Wildman–Crippen LogP) is 4.25. The summed E-state index contributed by atoms with van der Waals surface area (Å²) in [5, 5.41) is 4.71. The molecule has 0 aliphatic rings. The Labute approximate surface area is 196 Å². The second kappa shape index (κ2) is 10.3. The van der Waals surface area contributed by atoms with Crippen LogP contribution in [0, 0.1) is 5.82 Å². The molecule has 8 nitrogen and oxygen atoms in total. The molecule has 0 aliphatic carbocycles. The van der Waals surface area contributed by atoms with Crippen LogP contribution in [0.1, 0.15) is 24.2 Å². The fraction of sp³-hybridized carbons (Fsp3) is 0.273. The monoisotopic (exact) mass is 493 g/mol. The molecule has 1 amide bonds. The molecule has 1 aromatic heterocycles. The zero-order chi connectivity index (χ0) is 24.2. The molecule has 176 valence electrons. The SMILES string of the molecule is CCN(CC)S(=O)(=O)c1cc(C(=O)Nc2nc(-c3ccc(OC)c(OC)c3)cs2)ccc1F. The number of hydrogen-bond donors (Lipinski definition) is 1. The number of carbonyl (C=O) groups is 1. The van der Waals surface area contributed by atoms with Crippen LogP contribution >= 0.6 is 11.3 Å². The van der Waals surface area contributed by atoms with E-state index in [1.807, 2.05) is 6.07 Å². The number of aromatic nitrogens is 1. The quantitative estimate of drug-likeness (QED) is 0.479. The van der Waals surface area contributed by atoms with Crippen molar-refractivity contribution in [2.24, 2.45) is 0 Å². The minimum atomic E-state index is -4.06. The van der Waals surface area contributed by atoms with E-state index in [1.165, 1.54) is 24.5 Å². The van der Waals surface area contributed by atoms with Crippen molar-refractivity contribution < 1.29 is 27.1 Å². The van der Waals surface area contributed by atoms with Crippen LogP contribution < -0.4 is 14.8 Å². The van der Waals surface area contributed by atoms with Gasteiger partial charge in [-0.25, -0.2) is 17.8 Å². The summed E-state index contributed by atoms with van der Waals surface area (Å²) >= 11 is 1.20. The highest BCUT2D eigenvalue weighted by Gasteiger charge is 2.26. The third-order valence-electron chi connectivity index (χ3n) is 4.92. The summed E-state index contributed by atoms with van der Waals surface area (Å²) in [7, 11) is -0.985. The molecule has 1 heterocycles. The molecule has 3 rings (SSSR count). The number of anilines is 1. The largest absolute Gasteiger partial charge is 0.493 e. The van der Waals surface area contributed by atoms with Crippen molar-refractivity contribution in [1.82, 2.24) is 9.29 Å². The summed E-state index contributed by atoms with van der Waals surface area (Å²) in [4.78, 5) is 16.6. The van der Waals surface area contributed by atoms with Crippen molar-refractivity contribution in [3.63, 3.8) is 0 Å². The molecule has 0 bridgehead atoms. The van der Waals surface area contributed by atoms with Crippen molar-refractivity contribution in [2.45, 2.75) is 18.7 Å². The van der Waals surface area contributed by atoms with Gasteiger partial charge in [-0.1, -0.05) is 13.8 Å². The van der Waals surface area contributed by atoms with Crippen LogP contribution in [0.2, 0.25) is 0 Å². The number of nitrogens with one attached hydrogen (secondary N) is 1. The van der Waals surface area contributed by atoms with Crippen LogP contribution in [0.3, 0.4) is 0 Å². The number of methoxy groups -OCH3 is 2. The lowest BCUT2D eigenvalue weighted by molar-refractivity contribution is 0.102. The molecular formula is C22H24FN3O5S2. The first-order valence-corrected chi connectivity index (χ1v) is 12.4. The third kappa shape index (κ3) is 5.15. The van der Waals surface area contributed by atoms with Gasteiger partial charge in [-0.3, -0.25) is 10.1 Å². The maximum Gasteiger partial charge on any atom is 0.257 e. The van der Waals surface area contributed by atoms with Crippen LogP contribution in [-0.2, 0) is 10.0 Å². The van der Waals surface area contributed by atoms with E-state index >= 15 is 0 Å². The van der Waals surface area contributed by atoms with Gasteiger partial charge in [0.25, 0.3) is 5.91 Å². The first-order chi connectivity index (χ1) is 15.7. The van der Waals surface area contributed by atoms with Gasteiger partial charge in [0.2, 0.25) is 10.0 Å². The Morgan fingerprint density at radius 1 is 1.09 bits per heavy atom. The predicted molar refractivity (Wildman–Crippen MR) is 125 cm³/mol. The number of thiazole rings is 1. The minimum Gasteiger partial charge on any atom is -0.493 e. The highest BCUT2D eigenvalue weighted by Crippen LogP contribution is 2.33. The number of halogens is 1. The van der Waals surface area contributed by atoms with Gasteiger partial charge < -0.3 is 9.47 Å². The van der Waals surface area contributed by atoms with E-state index in [-0.39, 0.29) is 18.7 Å². The van der Waals surface area contributed by atoms with Crippen molar-refractivity contribution in [3.05, 3.63) is 53.2 Å². The average Bonchev–Trinajstić information content (AvgIpc) is 3.27. The molecule has 2 aromatic carbocycles. The van der Waals surface area contributed by atoms with E-state index in [2.05, 4.69) is 10.3 Å². The Hall–Kier alpha value is -3.02. The summed E-state index contributed by atoms with van der Waals surface area (Å²) in [5.41, 5.74) is 1.38. The Kier molecular flexibility index (Phi) is 7.67. The van der Waals surface area contributed by atoms with E-state index in [9.17, 15) is 17.6 Å². The Morgan fingerprint density at radius 2 is 1.79 bits per heavy atom. The average molecular weight is 494 g/mol. The number of carbonyl (C=O) groups excluding carboxylic acids is 1. The summed E-state index contributed by atoms with van der Waals surface area (Å²) < 4.78 is 51.5. The normalized spacial score (nSPS) is 11.5. The second-order valence-electron chi connectivity index (χ2n) is 6.80. The standard InChI is InChI=1S/C22H24FN3O5S2/c1-5-26(6-2)33(28,29)20-12-15(7-9-16(20)23)21(27)25-22-24-17(13-32-22)14-8-10-18(30-3)19(11-14)31-4/h7-13H,5-6H2,1-4H3,(H,24,25,27). The topological polar surface area (TPSA) is 97.8 Å². The van der Waals surface area contributed by atoms with E-state index in [0.717, 1.165) is 22.0 Å². The van der Waals surface area contributed by atoms with E-state index in [0.29, 0.717) is 22.3 Å². The lowest BCUT2D eigenvalue weighted by atomic mass is 10.1. The van der Waals surface area contributed by atoms with Crippen molar-refractivity contribution >= 4 is 32.4 Å². The lowest BCUT2D eigenvalue weighted by Gasteiger charge is -2.19. The number of hydrogen-bond acceptors (Lipinski definition) is 7. The number of benzene rings is 2. The molecule has 0 saturated heterocycles. The van der Waals surface area contributed by atoms with Crippen molar-refractivity contribution in [1.29, 1.82) is 0 Å². The molecule has 0 aliphatic heterocycles. The van der Waals surface area contributed by atoms with Gasteiger partial charge in [-0.05, 0) is 36.4 Å². The van der Waals surface area contributed by atoms with Gasteiger partial charge in [0, 0.05) is 29.6 Å². The number of amides is 1. The fourth-order valence-corrected chi connectivity index (χ4v) is 5.44. The third-order valence-corrected chi connectivity index (χ3v) is 7.74. The van der Waals surface area contributed by atoms with Gasteiger partial charge in [0.15, 0.2) is 16.6 Å². The molecular weight excluding hydrogens is 469 g/mol. The minimum absolute atomic E-state index is 0.00463. The van der Waals surface area contributed by atoms with E-state index < -0.39 is 26.6 Å². The van der Waals surface area contributed by atoms with Crippen LogP contribution in [-0.4, -0.2) is 50.9 Å². The molecule has 0 radical (unpaired) electrons. The first kappa shape index (κ1) is 24.6. The smallest absolute Gasteiger partial charge is 0.257 e. The van der Waals surface area contributed by atoms with Gasteiger partial charge in [-0.2, -0.15) is 4.31 Å². The lowest BCUT2D eigenvalue weighted by Crippen LogP contribution is -2.31. The summed E-state index contributed by atoms with van der Waals surface area (Å²) in [5.74, 6) is -0.388. The number of sulfonamides is 1. The fourth-order valence-electron chi connectivity index (χ4n) is 3.17. The highest BCUT2D eigenvalue weighted by molar-refractivity contribution is 7.89. The van der Waals surface area contributed by atoms with Gasteiger partial charge >= 0.3 is 0 Å². The zero-order valence-electron chi connectivity index (χ0n) is 18.6. The molecule has 0 fully saturated rings. The first-order valence-electron chi connectivity index (χ1n) is 10.0. The van der Waals surface area contributed by atoms with E-state index in [1.54, 1.807) is 38.5 Å². The molecule has 0 spiro atoms.